The maximum Gasteiger partial charge on any atom is 0.133 e. The van der Waals surface area contributed by atoms with Gasteiger partial charge >= 0.3 is 0 Å². The zero-order valence-corrected chi connectivity index (χ0v) is 12.8. The van der Waals surface area contributed by atoms with Gasteiger partial charge in [-0.3, -0.25) is 4.90 Å². The highest BCUT2D eigenvalue weighted by molar-refractivity contribution is 9.10. The summed E-state index contributed by atoms with van der Waals surface area (Å²) in [7, 11) is 0. The van der Waals surface area contributed by atoms with Crippen LogP contribution in [0.25, 0.3) is 0 Å². The molecule has 1 aliphatic rings. The van der Waals surface area contributed by atoms with Gasteiger partial charge in [-0.2, -0.15) is 0 Å². The van der Waals surface area contributed by atoms with Crippen molar-refractivity contribution in [3.63, 3.8) is 0 Å². The van der Waals surface area contributed by atoms with Crippen molar-refractivity contribution in [3.8, 4) is 0 Å². The quantitative estimate of drug-likeness (QED) is 0.799. The number of nitrogens with zero attached hydrogens (tertiary/aromatic N) is 4. The largest absolute Gasteiger partial charge is 0.354 e. The van der Waals surface area contributed by atoms with E-state index in [4.69, 9.17) is 0 Å². The molecule has 100 valence electrons. The van der Waals surface area contributed by atoms with Crippen LogP contribution in [0.15, 0.2) is 10.7 Å². The molecular formula is C13H21BrN4. The molecule has 0 aromatic carbocycles. The predicted octanol–water partition coefficient (Wildman–Crippen LogP) is 2.33. The molecule has 0 amide bonds. The lowest BCUT2D eigenvalue weighted by Crippen LogP contribution is -2.46. The van der Waals surface area contributed by atoms with Crippen LogP contribution in [0.4, 0.5) is 5.82 Å². The van der Waals surface area contributed by atoms with E-state index in [9.17, 15) is 0 Å². The monoisotopic (exact) mass is 312 g/mol. The van der Waals surface area contributed by atoms with Crippen molar-refractivity contribution in [2.24, 2.45) is 0 Å². The zero-order valence-electron chi connectivity index (χ0n) is 11.2. The van der Waals surface area contributed by atoms with Crippen molar-refractivity contribution in [3.05, 3.63) is 16.5 Å². The Balaban J connectivity index is 2.02. The average Bonchev–Trinajstić information content (AvgIpc) is 2.39. The maximum atomic E-state index is 4.61. The Morgan fingerprint density at radius 1 is 1.17 bits per heavy atom. The van der Waals surface area contributed by atoms with Gasteiger partial charge in [0.1, 0.15) is 16.2 Å². The summed E-state index contributed by atoms with van der Waals surface area (Å²) in [5.74, 6) is 1.97. The molecular weight excluding hydrogens is 292 g/mol. The van der Waals surface area contributed by atoms with Gasteiger partial charge in [-0.05, 0) is 28.9 Å². The Bertz CT molecular complexity index is 389. The molecule has 18 heavy (non-hydrogen) atoms. The highest BCUT2D eigenvalue weighted by Gasteiger charge is 2.18. The number of anilines is 1. The maximum absolute atomic E-state index is 4.61. The summed E-state index contributed by atoms with van der Waals surface area (Å²) in [6.07, 6.45) is 2.11. The van der Waals surface area contributed by atoms with Crippen molar-refractivity contribution in [2.75, 3.05) is 37.6 Å². The van der Waals surface area contributed by atoms with Crippen molar-refractivity contribution in [2.45, 2.75) is 26.7 Å². The third-order valence-corrected chi connectivity index (χ3v) is 3.69. The molecule has 0 unspecified atom stereocenters. The molecule has 0 saturated carbocycles. The molecule has 0 atom stereocenters. The van der Waals surface area contributed by atoms with E-state index in [0.717, 1.165) is 48.8 Å². The van der Waals surface area contributed by atoms with Gasteiger partial charge in [-0.15, -0.1) is 0 Å². The van der Waals surface area contributed by atoms with E-state index >= 15 is 0 Å². The first-order chi connectivity index (χ1) is 8.72. The molecule has 0 N–H and O–H groups in total. The van der Waals surface area contributed by atoms with Gasteiger partial charge in [0.05, 0.1) is 0 Å². The van der Waals surface area contributed by atoms with Crippen LogP contribution < -0.4 is 4.90 Å². The molecule has 4 nitrogen and oxygen atoms in total. The van der Waals surface area contributed by atoms with Crippen LogP contribution in [-0.4, -0.2) is 47.6 Å². The van der Waals surface area contributed by atoms with Gasteiger partial charge < -0.3 is 4.90 Å². The molecule has 0 radical (unpaired) electrons. The molecule has 1 fully saturated rings. The zero-order chi connectivity index (χ0) is 13.0. The lowest BCUT2D eigenvalue weighted by molar-refractivity contribution is 0.258. The fraction of sp³-hybridized carbons (Fsp3) is 0.692. The number of rotatable bonds is 4. The highest BCUT2D eigenvalue weighted by atomic mass is 79.9. The third kappa shape index (κ3) is 3.42. The number of hydrogen-bond acceptors (Lipinski definition) is 4. The Morgan fingerprint density at radius 2 is 1.89 bits per heavy atom. The lowest BCUT2D eigenvalue weighted by atomic mass is 10.3. The molecule has 0 bridgehead atoms. The number of aromatic nitrogens is 2. The van der Waals surface area contributed by atoms with Crippen molar-refractivity contribution in [1.29, 1.82) is 0 Å². The standard InChI is InChI=1S/C13H21BrN4/c1-3-5-17-6-8-18(9-7-17)13-10-11(14)15-12(4-2)16-13/h10H,3-9H2,1-2H3. The molecule has 1 saturated heterocycles. The molecule has 5 heteroatoms. The fourth-order valence-corrected chi connectivity index (χ4v) is 2.70. The smallest absolute Gasteiger partial charge is 0.133 e. The van der Waals surface area contributed by atoms with E-state index in [-0.39, 0.29) is 0 Å². The first kappa shape index (κ1) is 13.7. The summed E-state index contributed by atoms with van der Waals surface area (Å²) in [6, 6.07) is 2.02. The predicted molar refractivity (Wildman–Crippen MR) is 78.1 cm³/mol. The Kier molecular flexibility index (Phi) is 4.95. The van der Waals surface area contributed by atoms with Gasteiger partial charge in [-0.1, -0.05) is 13.8 Å². The van der Waals surface area contributed by atoms with E-state index < -0.39 is 0 Å². The van der Waals surface area contributed by atoms with Gasteiger partial charge in [0.25, 0.3) is 0 Å². The van der Waals surface area contributed by atoms with E-state index in [1.165, 1.54) is 13.0 Å². The van der Waals surface area contributed by atoms with Crippen LogP contribution >= 0.6 is 15.9 Å². The van der Waals surface area contributed by atoms with Crippen molar-refractivity contribution in [1.82, 2.24) is 14.9 Å². The average molecular weight is 313 g/mol. The second-order valence-electron chi connectivity index (χ2n) is 4.65. The minimum atomic E-state index is 0.877. The van der Waals surface area contributed by atoms with E-state index in [1.54, 1.807) is 0 Å². The molecule has 0 aliphatic carbocycles. The Hall–Kier alpha value is -0.680. The SMILES string of the molecule is CCCN1CCN(c2cc(Br)nc(CC)n2)CC1. The van der Waals surface area contributed by atoms with Crippen LogP contribution in [0.5, 0.6) is 0 Å². The second kappa shape index (κ2) is 6.48. The summed E-state index contributed by atoms with van der Waals surface area (Å²) < 4.78 is 0.889. The number of hydrogen-bond donors (Lipinski definition) is 0. The minimum absolute atomic E-state index is 0.877. The molecule has 2 heterocycles. The normalized spacial score (nSPS) is 17.2. The summed E-state index contributed by atoms with van der Waals surface area (Å²) >= 11 is 3.47. The molecule has 0 spiro atoms. The molecule has 2 rings (SSSR count). The van der Waals surface area contributed by atoms with Crippen LogP contribution in [0.1, 0.15) is 26.1 Å². The minimum Gasteiger partial charge on any atom is -0.354 e. The number of halogens is 1. The first-order valence-corrected chi connectivity index (χ1v) is 7.53. The molecule has 1 aromatic rings. The first-order valence-electron chi connectivity index (χ1n) is 6.73. The van der Waals surface area contributed by atoms with Gasteiger partial charge in [0.15, 0.2) is 0 Å². The van der Waals surface area contributed by atoms with Crippen LogP contribution in [0.3, 0.4) is 0 Å². The van der Waals surface area contributed by atoms with Crippen molar-refractivity contribution < 1.29 is 0 Å². The van der Waals surface area contributed by atoms with E-state index in [0.29, 0.717) is 0 Å². The summed E-state index contributed by atoms with van der Waals surface area (Å²) in [4.78, 5) is 13.9. The number of aryl methyl sites for hydroxylation is 1. The molecule has 1 aromatic heterocycles. The highest BCUT2D eigenvalue weighted by Crippen LogP contribution is 2.18. The summed E-state index contributed by atoms with van der Waals surface area (Å²) in [5, 5.41) is 0. The second-order valence-corrected chi connectivity index (χ2v) is 5.46. The summed E-state index contributed by atoms with van der Waals surface area (Å²) in [6.45, 7) is 9.93. The number of piperazine rings is 1. The molecule has 1 aliphatic heterocycles. The third-order valence-electron chi connectivity index (χ3n) is 3.28. The van der Waals surface area contributed by atoms with Gasteiger partial charge in [-0.25, -0.2) is 9.97 Å². The van der Waals surface area contributed by atoms with E-state index in [2.05, 4.69) is 49.5 Å². The lowest BCUT2D eigenvalue weighted by Gasteiger charge is -2.35. The topological polar surface area (TPSA) is 32.3 Å². The summed E-state index contributed by atoms with van der Waals surface area (Å²) in [5.41, 5.74) is 0. The van der Waals surface area contributed by atoms with Crippen molar-refractivity contribution >= 4 is 21.7 Å². The fourth-order valence-electron chi connectivity index (χ4n) is 2.29. The van der Waals surface area contributed by atoms with E-state index in [1.807, 2.05) is 6.07 Å². The van der Waals surface area contributed by atoms with Crippen LogP contribution in [0, 0.1) is 0 Å². The van der Waals surface area contributed by atoms with Gasteiger partial charge in [0.2, 0.25) is 0 Å². The van der Waals surface area contributed by atoms with Crippen LogP contribution in [0.2, 0.25) is 0 Å². The Morgan fingerprint density at radius 3 is 2.50 bits per heavy atom. The Labute approximate surface area is 118 Å². The van der Waals surface area contributed by atoms with Gasteiger partial charge in [0, 0.05) is 38.7 Å². The van der Waals surface area contributed by atoms with Crippen LogP contribution in [-0.2, 0) is 6.42 Å².